The Bertz CT molecular complexity index is 1250. The monoisotopic (exact) mass is 526 g/mol. The van der Waals surface area contributed by atoms with Gasteiger partial charge in [0, 0.05) is 37.1 Å². The van der Waals surface area contributed by atoms with Crippen LogP contribution in [0, 0.1) is 0 Å². The van der Waals surface area contributed by atoms with Crippen molar-refractivity contribution in [3.8, 4) is 5.75 Å². The van der Waals surface area contributed by atoms with Crippen molar-refractivity contribution in [1.82, 2.24) is 14.8 Å². The zero-order valence-corrected chi connectivity index (χ0v) is 21.9. The number of para-hydroxylation sites is 1. The van der Waals surface area contributed by atoms with Gasteiger partial charge >= 0.3 is 0 Å². The van der Waals surface area contributed by atoms with Crippen molar-refractivity contribution in [3.63, 3.8) is 0 Å². The summed E-state index contributed by atoms with van der Waals surface area (Å²) in [5.41, 5.74) is 2.35. The van der Waals surface area contributed by atoms with Gasteiger partial charge in [-0.25, -0.2) is 0 Å². The molecule has 0 bridgehead atoms. The predicted octanol–water partition coefficient (Wildman–Crippen LogP) is 5.38. The number of nitrogens with zero attached hydrogens (tertiary/aromatic N) is 3. The SMILES string of the molecule is CC(C)N1C[C@@H](CN(C)Cc2ccc(Cl)c(Cl)c2)Oc2c(NC(=O)c3ccncc3)cccc2C1=O. The number of ether oxygens (including phenoxy) is 1. The fraction of sp³-hybridized carbons (Fsp3) is 0.296. The second kappa shape index (κ2) is 11.3. The van der Waals surface area contributed by atoms with Crippen molar-refractivity contribution in [3.05, 3.63) is 87.7 Å². The minimum atomic E-state index is -0.329. The molecular formula is C27H28Cl2N4O3. The van der Waals surface area contributed by atoms with Gasteiger partial charge in [-0.05, 0) is 62.9 Å². The third kappa shape index (κ3) is 5.98. The maximum absolute atomic E-state index is 13.5. The number of carbonyl (C=O) groups excluding carboxylic acids is 2. The van der Waals surface area contributed by atoms with Crippen LogP contribution in [-0.2, 0) is 6.54 Å². The van der Waals surface area contributed by atoms with Crippen LogP contribution in [0.15, 0.2) is 60.9 Å². The molecule has 7 nitrogen and oxygen atoms in total. The van der Waals surface area contributed by atoms with Crippen LogP contribution in [0.5, 0.6) is 5.75 Å². The Kier molecular flexibility index (Phi) is 8.14. The van der Waals surface area contributed by atoms with E-state index < -0.39 is 0 Å². The Morgan fingerprint density at radius 1 is 1.17 bits per heavy atom. The average molecular weight is 527 g/mol. The number of rotatable bonds is 7. The highest BCUT2D eigenvalue weighted by Crippen LogP contribution is 2.34. The third-order valence-electron chi connectivity index (χ3n) is 5.96. The lowest BCUT2D eigenvalue weighted by Crippen LogP contribution is -2.45. The number of hydrogen-bond donors (Lipinski definition) is 1. The lowest BCUT2D eigenvalue weighted by molar-refractivity contribution is 0.0605. The summed E-state index contributed by atoms with van der Waals surface area (Å²) in [6.45, 7) is 5.54. The lowest BCUT2D eigenvalue weighted by atomic mass is 10.1. The standard InChI is InChI=1S/C27H28Cl2N4O3/c1-17(2)33-16-20(15-32(3)14-18-7-8-22(28)23(29)13-18)36-25-21(27(33)35)5-4-6-24(25)31-26(34)19-9-11-30-12-10-19/h4-13,17,20H,14-16H2,1-3H3,(H,31,34)/t20-/m1/s1. The van der Waals surface area contributed by atoms with Crippen LogP contribution in [0.1, 0.15) is 40.1 Å². The van der Waals surface area contributed by atoms with Crippen LogP contribution < -0.4 is 10.1 Å². The number of halogens is 2. The van der Waals surface area contributed by atoms with Gasteiger partial charge in [0.15, 0.2) is 5.75 Å². The van der Waals surface area contributed by atoms with Crippen LogP contribution in [0.3, 0.4) is 0 Å². The van der Waals surface area contributed by atoms with Crippen LogP contribution >= 0.6 is 23.2 Å². The molecule has 2 heterocycles. The molecule has 0 unspecified atom stereocenters. The van der Waals surface area contributed by atoms with Crippen molar-refractivity contribution >= 4 is 40.7 Å². The number of hydrogen-bond acceptors (Lipinski definition) is 5. The molecule has 1 atom stereocenters. The van der Waals surface area contributed by atoms with Gasteiger partial charge in [-0.2, -0.15) is 0 Å². The minimum Gasteiger partial charge on any atom is -0.484 e. The summed E-state index contributed by atoms with van der Waals surface area (Å²) in [5.74, 6) is -0.0595. The molecule has 3 aromatic rings. The van der Waals surface area contributed by atoms with Crippen molar-refractivity contribution < 1.29 is 14.3 Å². The Morgan fingerprint density at radius 3 is 2.61 bits per heavy atom. The first-order valence-electron chi connectivity index (χ1n) is 11.7. The molecule has 2 aromatic carbocycles. The van der Waals surface area contributed by atoms with E-state index in [2.05, 4.69) is 15.2 Å². The van der Waals surface area contributed by atoms with E-state index >= 15 is 0 Å². The molecule has 188 valence electrons. The van der Waals surface area contributed by atoms with Crippen molar-refractivity contribution in [2.24, 2.45) is 0 Å². The summed E-state index contributed by atoms with van der Waals surface area (Å²) in [7, 11) is 1.98. The number of fused-ring (bicyclic) bond motifs is 1. The molecular weight excluding hydrogens is 499 g/mol. The molecule has 1 N–H and O–H groups in total. The predicted molar refractivity (Wildman–Crippen MR) is 142 cm³/mol. The molecule has 1 aliphatic heterocycles. The molecule has 9 heteroatoms. The van der Waals surface area contributed by atoms with E-state index in [4.69, 9.17) is 27.9 Å². The third-order valence-corrected chi connectivity index (χ3v) is 6.70. The number of aromatic nitrogens is 1. The van der Waals surface area contributed by atoms with Gasteiger partial charge in [-0.1, -0.05) is 35.3 Å². The Labute approximate surface area is 221 Å². The zero-order valence-electron chi connectivity index (χ0n) is 20.4. The van der Waals surface area contributed by atoms with E-state index in [1.807, 2.05) is 33.0 Å². The summed E-state index contributed by atoms with van der Waals surface area (Å²) < 4.78 is 6.45. The largest absolute Gasteiger partial charge is 0.484 e. The summed E-state index contributed by atoms with van der Waals surface area (Å²) in [6, 6.07) is 14.0. The molecule has 0 radical (unpaired) electrons. The first-order valence-corrected chi connectivity index (χ1v) is 12.4. The fourth-order valence-corrected chi connectivity index (χ4v) is 4.51. The number of likely N-dealkylation sites (N-methyl/N-ethyl adjacent to an activating group) is 1. The van der Waals surface area contributed by atoms with E-state index in [1.165, 1.54) is 0 Å². The maximum atomic E-state index is 13.5. The molecule has 0 fully saturated rings. The molecule has 0 saturated heterocycles. The molecule has 0 aliphatic carbocycles. The second-order valence-corrected chi connectivity index (χ2v) is 9.92. The van der Waals surface area contributed by atoms with Crippen LogP contribution in [0.2, 0.25) is 10.0 Å². The first kappa shape index (κ1) is 25.9. The van der Waals surface area contributed by atoms with Gasteiger partial charge in [0.2, 0.25) is 0 Å². The highest BCUT2D eigenvalue weighted by molar-refractivity contribution is 6.42. The Hall–Kier alpha value is -3.13. The van der Waals surface area contributed by atoms with Crippen molar-refractivity contribution in [2.75, 3.05) is 25.5 Å². The summed E-state index contributed by atoms with van der Waals surface area (Å²) >= 11 is 12.2. The Balaban J connectivity index is 1.59. The quantitative estimate of drug-likeness (QED) is 0.447. The first-order chi connectivity index (χ1) is 17.2. The number of amides is 2. The summed E-state index contributed by atoms with van der Waals surface area (Å²) in [5, 5.41) is 3.92. The van der Waals surface area contributed by atoms with Gasteiger partial charge in [0.1, 0.15) is 6.10 Å². The molecule has 1 aliphatic rings. The van der Waals surface area contributed by atoms with E-state index in [0.29, 0.717) is 52.2 Å². The fourth-order valence-electron chi connectivity index (χ4n) is 4.19. The highest BCUT2D eigenvalue weighted by Gasteiger charge is 2.32. The van der Waals surface area contributed by atoms with E-state index in [9.17, 15) is 9.59 Å². The minimum absolute atomic E-state index is 0.0232. The smallest absolute Gasteiger partial charge is 0.258 e. The number of pyridine rings is 1. The van der Waals surface area contributed by atoms with Gasteiger partial charge in [-0.3, -0.25) is 19.5 Å². The van der Waals surface area contributed by atoms with E-state index in [1.54, 1.807) is 53.7 Å². The molecule has 2 amide bonds. The molecule has 36 heavy (non-hydrogen) atoms. The molecule has 0 saturated carbocycles. The normalized spacial score (nSPS) is 15.5. The topological polar surface area (TPSA) is 74.8 Å². The number of carbonyl (C=O) groups is 2. The summed E-state index contributed by atoms with van der Waals surface area (Å²) in [6.07, 6.45) is 2.78. The van der Waals surface area contributed by atoms with Crippen molar-refractivity contribution in [2.45, 2.75) is 32.5 Å². The van der Waals surface area contributed by atoms with Gasteiger partial charge in [-0.15, -0.1) is 0 Å². The number of benzene rings is 2. The van der Waals surface area contributed by atoms with Gasteiger partial charge in [0.05, 0.1) is 27.8 Å². The molecule has 0 spiro atoms. The number of anilines is 1. The van der Waals surface area contributed by atoms with E-state index in [0.717, 1.165) is 5.56 Å². The van der Waals surface area contributed by atoms with Gasteiger partial charge < -0.3 is 15.0 Å². The molecule has 4 rings (SSSR count). The molecule has 1 aromatic heterocycles. The lowest BCUT2D eigenvalue weighted by Gasteiger charge is -2.30. The highest BCUT2D eigenvalue weighted by atomic mass is 35.5. The van der Waals surface area contributed by atoms with Crippen LogP contribution in [-0.4, -0.2) is 58.9 Å². The second-order valence-electron chi connectivity index (χ2n) is 9.11. The average Bonchev–Trinajstić information content (AvgIpc) is 2.99. The van der Waals surface area contributed by atoms with Gasteiger partial charge in [0.25, 0.3) is 11.8 Å². The number of nitrogens with one attached hydrogen (secondary N) is 1. The zero-order chi connectivity index (χ0) is 25.8. The van der Waals surface area contributed by atoms with Crippen LogP contribution in [0.4, 0.5) is 5.69 Å². The summed E-state index contributed by atoms with van der Waals surface area (Å²) in [4.78, 5) is 34.2. The van der Waals surface area contributed by atoms with E-state index in [-0.39, 0.29) is 24.0 Å². The maximum Gasteiger partial charge on any atom is 0.258 e. The Morgan fingerprint density at radius 2 is 1.92 bits per heavy atom. The van der Waals surface area contributed by atoms with Crippen molar-refractivity contribution in [1.29, 1.82) is 0 Å². The van der Waals surface area contributed by atoms with Crippen LogP contribution in [0.25, 0.3) is 0 Å².